The highest BCUT2D eigenvalue weighted by Gasteiger charge is 2.38. The molecule has 1 saturated heterocycles. The molecular formula is C51H96N16O13. The van der Waals surface area contributed by atoms with Crippen LogP contribution in [0.1, 0.15) is 126 Å². The second-order valence-corrected chi connectivity index (χ2v) is 21.4. The van der Waals surface area contributed by atoms with Gasteiger partial charge >= 0.3 is 0 Å². The first-order chi connectivity index (χ1) is 37.6. The maximum absolute atomic E-state index is 14.4. The van der Waals surface area contributed by atoms with Crippen molar-refractivity contribution < 1.29 is 63.0 Å². The molecule has 458 valence electrons. The molecule has 11 amide bonds. The molecule has 1 heterocycles. The van der Waals surface area contributed by atoms with Gasteiger partial charge in [-0.1, -0.05) is 54.4 Å². The lowest BCUT2D eigenvalue weighted by Crippen LogP contribution is -2.62. The third-order valence-electron chi connectivity index (χ3n) is 13.0. The second-order valence-electron chi connectivity index (χ2n) is 21.4. The second kappa shape index (κ2) is 37.8. The van der Waals surface area contributed by atoms with Crippen LogP contribution < -0.4 is 87.2 Å². The van der Waals surface area contributed by atoms with Gasteiger partial charge in [0.05, 0.1) is 12.2 Å². The monoisotopic (exact) mass is 1140 g/mol. The van der Waals surface area contributed by atoms with Crippen LogP contribution in [0.25, 0.3) is 0 Å². The van der Waals surface area contributed by atoms with Gasteiger partial charge in [-0.25, -0.2) is 0 Å². The van der Waals surface area contributed by atoms with Gasteiger partial charge in [-0.05, 0) is 116 Å². The molecule has 0 bridgehead atoms. The van der Waals surface area contributed by atoms with E-state index in [4.69, 9.17) is 28.7 Å². The zero-order chi connectivity index (χ0) is 60.8. The average molecular weight is 1140 g/mol. The van der Waals surface area contributed by atoms with Crippen LogP contribution in [0, 0.1) is 17.8 Å². The molecule has 0 aromatic carbocycles. The van der Waals surface area contributed by atoms with Crippen LogP contribution >= 0.6 is 0 Å². The first kappa shape index (κ1) is 71.9. The molecule has 0 spiro atoms. The molecule has 12 atom stereocenters. The zero-order valence-electron chi connectivity index (χ0n) is 48.0. The number of aliphatic hydroxyl groups is 2. The number of nitrogens with two attached hydrogens (primary N) is 5. The van der Waals surface area contributed by atoms with Crippen LogP contribution in [-0.2, 0) is 52.7 Å². The van der Waals surface area contributed by atoms with Crippen molar-refractivity contribution in [3.63, 3.8) is 0 Å². The first-order valence-corrected chi connectivity index (χ1v) is 27.8. The number of hydrogen-bond donors (Lipinski definition) is 18. The van der Waals surface area contributed by atoms with Gasteiger partial charge in [-0.3, -0.25) is 52.7 Å². The smallest absolute Gasteiger partial charge is 0.245 e. The Morgan fingerprint density at radius 1 is 0.512 bits per heavy atom. The van der Waals surface area contributed by atoms with Crippen molar-refractivity contribution in [1.82, 2.24) is 58.5 Å². The fraction of sp³-hybridized carbons (Fsp3) is 0.784. The van der Waals surface area contributed by atoms with Crippen LogP contribution in [0.5, 0.6) is 0 Å². The molecule has 0 aromatic rings. The molecule has 0 saturated carbocycles. The largest absolute Gasteiger partial charge is 0.391 e. The molecular weight excluding hydrogens is 1040 g/mol. The number of carbonyl (C=O) groups is 11. The van der Waals surface area contributed by atoms with Crippen LogP contribution in [0.2, 0.25) is 0 Å². The third-order valence-corrected chi connectivity index (χ3v) is 13.0. The Kier molecular flexibility index (Phi) is 33.9. The third kappa shape index (κ3) is 26.0. The minimum Gasteiger partial charge on any atom is -0.391 e. The SMILES string of the molecule is CC(C)CCCCC(=O)N[C@@H](CCN)C(=O)N[C@H](C(=O)N[C@@H](CCN)C(=O)N[C@H]1CCNC(=O)[C@H]([C@@H](C)O)NC(=O)[C@H](CCN)NC(=O)[C@H](CCN)NC(=O)[C@H](C(C)C)NC(=O)[C@@H](CC(C)C)NC(=O)[C@H](CCN)NC1=O)[C@@H](C)O. The maximum atomic E-state index is 14.4. The Hall–Kier alpha value is -6.11. The van der Waals surface area contributed by atoms with Gasteiger partial charge in [0.25, 0.3) is 0 Å². The minimum absolute atomic E-state index is 0.0141. The number of rotatable bonds is 27. The van der Waals surface area contributed by atoms with Gasteiger partial charge in [0.15, 0.2) is 0 Å². The number of aliphatic hydroxyl groups excluding tert-OH is 2. The number of carbonyl (C=O) groups excluding carboxylic acids is 11. The predicted octanol–water partition coefficient (Wildman–Crippen LogP) is -6.22. The van der Waals surface area contributed by atoms with Crippen molar-refractivity contribution in [2.45, 2.75) is 199 Å². The van der Waals surface area contributed by atoms with Gasteiger partial charge in [0.2, 0.25) is 65.0 Å². The highest BCUT2D eigenvalue weighted by atomic mass is 16.3. The Morgan fingerprint density at radius 3 is 1.46 bits per heavy atom. The summed E-state index contributed by atoms with van der Waals surface area (Å²) in [6.07, 6.45) is -1.89. The lowest BCUT2D eigenvalue weighted by atomic mass is 9.99. The van der Waals surface area contributed by atoms with E-state index in [1.165, 1.54) is 13.8 Å². The first-order valence-electron chi connectivity index (χ1n) is 27.8. The number of hydrogen-bond acceptors (Lipinski definition) is 18. The Balaban J connectivity index is 3.81. The van der Waals surface area contributed by atoms with Gasteiger partial charge in [-0.15, -0.1) is 0 Å². The van der Waals surface area contributed by atoms with Crippen LogP contribution in [0.4, 0.5) is 0 Å². The Bertz CT molecular complexity index is 2030. The van der Waals surface area contributed by atoms with E-state index >= 15 is 0 Å². The van der Waals surface area contributed by atoms with Crippen molar-refractivity contribution >= 4 is 65.0 Å². The fourth-order valence-electron chi connectivity index (χ4n) is 8.42. The van der Waals surface area contributed by atoms with E-state index < -0.39 is 156 Å². The van der Waals surface area contributed by atoms with E-state index in [1.807, 2.05) is 0 Å². The van der Waals surface area contributed by atoms with E-state index in [0.717, 1.165) is 12.8 Å². The Morgan fingerprint density at radius 2 is 0.988 bits per heavy atom. The van der Waals surface area contributed by atoms with Gasteiger partial charge in [-0.2, -0.15) is 0 Å². The van der Waals surface area contributed by atoms with Crippen molar-refractivity contribution in [1.29, 1.82) is 0 Å². The topological polar surface area (TPSA) is 491 Å². The maximum Gasteiger partial charge on any atom is 0.245 e. The highest BCUT2D eigenvalue weighted by Crippen LogP contribution is 2.12. The summed E-state index contributed by atoms with van der Waals surface area (Å²) in [7, 11) is 0. The van der Waals surface area contributed by atoms with Crippen LogP contribution in [0.15, 0.2) is 0 Å². The molecule has 1 rings (SSSR count). The summed E-state index contributed by atoms with van der Waals surface area (Å²) in [5.74, 6) is -10.00. The summed E-state index contributed by atoms with van der Waals surface area (Å²) in [4.78, 5) is 152. The fourth-order valence-corrected chi connectivity index (χ4v) is 8.42. The van der Waals surface area contributed by atoms with Crippen LogP contribution in [0.3, 0.4) is 0 Å². The van der Waals surface area contributed by atoms with Crippen LogP contribution in [-0.4, -0.2) is 187 Å². The quantitative estimate of drug-likeness (QED) is 0.0340. The van der Waals surface area contributed by atoms with E-state index in [-0.39, 0.29) is 83.6 Å². The minimum atomic E-state index is -1.69. The molecule has 1 aliphatic heterocycles. The Labute approximate surface area is 469 Å². The van der Waals surface area contributed by atoms with Crippen molar-refractivity contribution in [2.24, 2.45) is 46.4 Å². The van der Waals surface area contributed by atoms with Crippen molar-refractivity contribution in [3.05, 3.63) is 0 Å². The summed E-state index contributed by atoms with van der Waals surface area (Å²) in [5.41, 5.74) is 29.1. The molecule has 1 aliphatic rings. The van der Waals surface area contributed by atoms with E-state index in [0.29, 0.717) is 12.3 Å². The molecule has 0 unspecified atom stereocenters. The van der Waals surface area contributed by atoms with E-state index in [1.54, 1.807) is 27.7 Å². The average Bonchev–Trinajstić information content (AvgIpc) is 3.37. The predicted molar refractivity (Wildman–Crippen MR) is 296 cm³/mol. The molecule has 1 fully saturated rings. The summed E-state index contributed by atoms with van der Waals surface area (Å²) in [5, 5.41) is 49.3. The molecule has 80 heavy (non-hydrogen) atoms. The van der Waals surface area contributed by atoms with Gasteiger partial charge < -0.3 is 97.4 Å². The van der Waals surface area contributed by atoms with Crippen molar-refractivity contribution in [3.8, 4) is 0 Å². The number of amides is 11. The number of nitrogens with one attached hydrogen (secondary N) is 11. The summed E-state index contributed by atoms with van der Waals surface area (Å²) >= 11 is 0. The molecule has 29 heteroatoms. The van der Waals surface area contributed by atoms with E-state index in [9.17, 15) is 63.0 Å². The van der Waals surface area contributed by atoms with Gasteiger partial charge in [0.1, 0.15) is 60.4 Å². The van der Waals surface area contributed by atoms with E-state index in [2.05, 4.69) is 72.3 Å². The molecule has 0 aliphatic carbocycles. The lowest BCUT2D eigenvalue weighted by Gasteiger charge is -2.29. The normalized spacial score (nSPS) is 23.4. The summed E-state index contributed by atoms with van der Waals surface area (Å²) < 4.78 is 0. The lowest BCUT2D eigenvalue weighted by molar-refractivity contribution is -0.137. The number of unbranched alkanes of at least 4 members (excludes halogenated alkanes) is 1. The molecule has 23 N–H and O–H groups in total. The van der Waals surface area contributed by atoms with Gasteiger partial charge in [0, 0.05) is 13.0 Å². The standard InChI is InChI=1S/C51H96N16O13/c1-26(2)11-9-10-12-38(70)58-31(13-19-52)46(75)67-41(30(8)69)51(80)63-34(16-22-55)43(72)61-36-18-24-57-49(78)40(29(7)68)66-47(76)35(17-23-56)60-42(71)33(15-21-54)62-50(79)39(28(5)6)65-48(77)37(25-27(3)4)64-44(73)32(14-20-53)59-45(36)74/h26-37,39-41,68-69H,9-25,52-56H2,1-8H3,(H,57,78)(H,58,70)(H,59,74)(H,60,71)(H,61,72)(H,62,79)(H,63,80)(H,64,73)(H,65,77)(H,66,76)(H,67,75)/t29-,30-,31+,32+,33+,34+,35+,36+,37-,39+,40+,41+/m1/s1. The summed E-state index contributed by atoms with van der Waals surface area (Å²) in [6.45, 7) is 12.2. The molecule has 0 radical (unpaired) electrons. The molecule has 29 nitrogen and oxygen atoms in total. The zero-order valence-corrected chi connectivity index (χ0v) is 48.0. The molecule has 0 aromatic heterocycles. The highest BCUT2D eigenvalue weighted by molar-refractivity contribution is 5.99. The summed E-state index contributed by atoms with van der Waals surface area (Å²) in [6, 6.07) is -14.5. The van der Waals surface area contributed by atoms with Crippen molar-refractivity contribution in [2.75, 3.05) is 39.3 Å².